The number of nitrogens with one attached hydrogen (secondary N) is 2. The third kappa shape index (κ3) is 6.66. The molecule has 0 aromatic carbocycles. The van der Waals surface area contributed by atoms with Crippen LogP contribution in [0.15, 0.2) is 12.1 Å². The quantitative estimate of drug-likeness (QED) is 0.469. The second-order valence-electron chi connectivity index (χ2n) is 10.4. The third-order valence-electron chi connectivity index (χ3n) is 7.33. The molecule has 3 aliphatic rings. The predicted molar refractivity (Wildman–Crippen MR) is 133 cm³/mol. The standard InChI is InChI=1S/C26H38N4O6/c1-17(31)30-15-26(2,16-30)36-25(33)29-22(24(32)34-3)10-12-35-21-13-18(14-21)6-8-20-9-7-19-5-4-11-27-23(19)28-20/h7,9,18,21-22H,4-6,8,10-16H2,1-3H3,(H,27,28)(H,29,33)/t18?,21?,22-/m0/s1. The molecule has 1 aromatic rings. The number of likely N-dealkylation sites (tertiary alicyclic amines) is 1. The smallest absolute Gasteiger partial charge is 0.408 e. The molecule has 198 valence electrons. The van der Waals surface area contributed by atoms with E-state index in [0.717, 1.165) is 50.2 Å². The second-order valence-corrected chi connectivity index (χ2v) is 10.4. The van der Waals surface area contributed by atoms with Crippen LogP contribution in [0.2, 0.25) is 0 Å². The van der Waals surface area contributed by atoms with E-state index in [1.807, 2.05) is 0 Å². The van der Waals surface area contributed by atoms with Crippen LogP contribution in [0.5, 0.6) is 0 Å². The van der Waals surface area contributed by atoms with Gasteiger partial charge in [-0.2, -0.15) is 0 Å². The summed E-state index contributed by atoms with van der Waals surface area (Å²) in [6.45, 7) is 5.24. The van der Waals surface area contributed by atoms with Crippen LogP contribution >= 0.6 is 0 Å². The van der Waals surface area contributed by atoms with Gasteiger partial charge >= 0.3 is 12.1 Å². The highest BCUT2D eigenvalue weighted by molar-refractivity contribution is 5.81. The SMILES string of the molecule is COC(=O)[C@H](CCOC1CC(CCc2ccc3c(n2)NCCC3)C1)NC(=O)OC1(C)CN(C(C)=O)C1. The number of fused-ring (bicyclic) bond motifs is 1. The zero-order valence-corrected chi connectivity index (χ0v) is 21.5. The number of carbonyl (C=O) groups is 3. The zero-order valence-electron chi connectivity index (χ0n) is 21.5. The molecule has 4 rings (SSSR count). The number of alkyl carbamates (subject to hydrolysis) is 1. The summed E-state index contributed by atoms with van der Waals surface area (Å²) in [5.41, 5.74) is 1.70. The average molecular weight is 503 g/mol. The number of hydrogen-bond acceptors (Lipinski definition) is 8. The number of amides is 2. The average Bonchev–Trinajstić information content (AvgIpc) is 2.81. The molecule has 1 aromatic heterocycles. The van der Waals surface area contributed by atoms with Crippen LogP contribution in [0.1, 0.15) is 57.2 Å². The summed E-state index contributed by atoms with van der Waals surface area (Å²) in [7, 11) is 1.28. The van der Waals surface area contributed by atoms with Crippen LogP contribution < -0.4 is 10.6 Å². The van der Waals surface area contributed by atoms with Crippen molar-refractivity contribution >= 4 is 23.8 Å². The van der Waals surface area contributed by atoms with Crippen LogP contribution in [0.3, 0.4) is 0 Å². The lowest BCUT2D eigenvalue weighted by Gasteiger charge is -2.46. The van der Waals surface area contributed by atoms with Crippen molar-refractivity contribution in [3.05, 3.63) is 23.4 Å². The Hall–Kier alpha value is -2.88. The minimum Gasteiger partial charge on any atom is -0.467 e. The first-order valence-corrected chi connectivity index (χ1v) is 12.9. The van der Waals surface area contributed by atoms with Gasteiger partial charge in [0.25, 0.3) is 0 Å². The van der Waals surface area contributed by atoms with Crippen LogP contribution in [0.25, 0.3) is 0 Å². The van der Waals surface area contributed by atoms with E-state index >= 15 is 0 Å². The Morgan fingerprint density at radius 3 is 2.78 bits per heavy atom. The van der Waals surface area contributed by atoms with Gasteiger partial charge in [-0.25, -0.2) is 14.6 Å². The first-order chi connectivity index (χ1) is 17.2. The van der Waals surface area contributed by atoms with Crippen molar-refractivity contribution in [2.75, 3.05) is 38.7 Å². The maximum absolute atomic E-state index is 12.3. The van der Waals surface area contributed by atoms with Gasteiger partial charge in [-0.15, -0.1) is 0 Å². The molecule has 3 heterocycles. The number of methoxy groups -OCH3 is 1. The lowest BCUT2D eigenvalue weighted by atomic mass is 9.79. The zero-order chi connectivity index (χ0) is 25.7. The molecule has 1 saturated carbocycles. The van der Waals surface area contributed by atoms with E-state index < -0.39 is 23.7 Å². The van der Waals surface area contributed by atoms with E-state index in [1.165, 1.54) is 26.0 Å². The molecule has 1 atom stereocenters. The van der Waals surface area contributed by atoms with Gasteiger partial charge in [-0.05, 0) is 63.0 Å². The number of anilines is 1. The summed E-state index contributed by atoms with van der Waals surface area (Å²) < 4.78 is 16.2. The van der Waals surface area contributed by atoms with Crippen molar-refractivity contribution in [1.82, 2.24) is 15.2 Å². The van der Waals surface area contributed by atoms with Crippen molar-refractivity contribution < 1.29 is 28.6 Å². The normalized spacial score (nSPS) is 22.7. The molecule has 10 heteroatoms. The van der Waals surface area contributed by atoms with Gasteiger partial charge in [-0.3, -0.25) is 4.79 Å². The number of pyridine rings is 1. The highest BCUT2D eigenvalue weighted by atomic mass is 16.6. The summed E-state index contributed by atoms with van der Waals surface area (Å²) in [5, 5.41) is 5.98. The third-order valence-corrected chi connectivity index (χ3v) is 7.33. The molecule has 1 aliphatic carbocycles. The minimum atomic E-state index is -0.852. The Labute approximate surface area is 212 Å². The molecule has 2 aliphatic heterocycles. The number of aromatic nitrogens is 1. The van der Waals surface area contributed by atoms with E-state index in [2.05, 4.69) is 22.8 Å². The van der Waals surface area contributed by atoms with Crippen molar-refractivity contribution in [2.45, 2.75) is 76.5 Å². The van der Waals surface area contributed by atoms with Crippen molar-refractivity contribution in [1.29, 1.82) is 0 Å². The van der Waals surface area contributed by atoms with E-state index in [0.29, 0.717) is 32.0 Å². The summed E-state index contributed by atoms with van der Waals surface area (Å²) in [5.74, 6) is 1.05. The topological polar surface area (TPSA) is 119 Å². The van der Waals surface area contributed by atoms with E-state index in [9.17, 15) is 14.4 Å². The maximum atomic E-state index is 12.3. The predicted octanol–water partition coefficient (Wildman–Crippen LogP) is 2.45. The lowest BCUT2D eigenvalue weighted by Crippen LogP contribution is -2.64. The molecule has 36 heavy (non-hydrogen) atoms. The molecule has 1 saturated heterocycles. The van der Waals surface area contributed by atoms with Crippen molar-refractivity contribution in [3.63, 3.8) is 0 Å². The lowest BCUT2D eigenvalue weighted by molar-refractivity contribution is -0.151. The molecule has 2 fully saturated rings. The van der Waals surface area contributed by atoms with Crippen molar-refractivity contribution in [2.24, 2.45) is 5.92 Å². The van der Waals surface area contributed by atoms with Gasteiger partial charge in [0.05, 0.1) is 26.3 Å². The molecule has 2 N–H and O–H groups in total. The second kappa shape index (κ2) is 11.5. The first-order valence-electron chi connectivity index (χ1n) is 12.9. The Morgan fingerprint density at radius 1 is 1.28 bits per heavy atom. The van der Waals surface area contributed by atoms with Gasteiger partial charge in [0.1, 0.15) is 17.5 Å². The number of hydrogen-bond donors (Lipinski definition) is 2. The molecular weight excluding hydrogens is 464 g/mol. The van der Waals surface area contributed by atoms with Crippen LogP contribution in [-0.4, -0.2) is 79.0 Å². The van der Waals surface area contributed by atoms with Crippen LogP contribution in [-0.2, 0) is 36.6 Å². The fraction of sp³-hybridized carbons (Fsp3) is 0.692. The number of nitrogens with zero attached hydrogens (tertiary/aromatic N) is 2. The monoisotopic (exact) mass is 502 g/mol. The van der Waals surface area contributed by atoms with E-state index in [1.54, 1.807) is 11.8 Å². The van der Waals surface area contributed by atoms with Crippen molar-refractivity contribution in [3.8, 4) is 0 Å². The molecule has 2 amide bonds. The number of carbonyl (C=O) groups excluding carboxylic acids is 3. The fourth-order valence-corrected chi connectivity index (χ4v) is 5.09. The number of rotatable bonds is 10. The summed E-state index contributed by atoms with van der Waals surface area (Å²) in [6.07, 6.45) is 6.07. The molecule has 10 nitrogen and oxygen atoms in total. The van der Waals surface area contributed by atoms with Crippen LogP contribution in [0, 0.1) is 5.92 Å². The van der Waals surface area contributed by atoms with Gasteiger partial charge < -0.3 is 29.7 Å². The molecule has 0 radical (unpaired) electrons. The molecule has 0 bridgehead atoms. The molecule has 0 spiro atoms. The van der Waals surface area contributed by atoms with E-state index in [-0.39, 0.29) is 12.0 Å². The highest BCUT2D eigenvalue weighted by Gasteiger charge is 2.44. The maximum Gasteiger partial charge on any atom is 0.408 e. The van der Waals surface area contributed by atoms with Gasteiger partial charge in [0, 0.05) is 32.2 Å². The van der Waals surface area contributed by atoms with Gasteiger partial charge in [0.15, 0.2) is 0 Å². The Balaban J connectivity index is 1.13. The molecular formula is C26H38N4O6. The fourth-order valence-electron chi connectivity index (χ4n) is 5.09. The molecule has 0 unspecified atom stereocenters. The largest absolute Gasteiger partial charge is 0.467 e. The number of aryl methyl sites for hydroxylation is 2. The number of esters is 1. The summed E-state index contributed by atoms with van der Waals surface area (Å²) in [6, 6.07) is 3.49. The first kappa shape index (κ1) is 26.2. The Bertz CT molecular complexity index is 958. The van der Waals surface area contributed by atoms with Crippen LogP contribution in [0.4, 0.5) is 10.6 Å². The Morgan fingerprint density at radius 2 is 2.06 bits per heavy atom. The number of ether oxygens (including phenoxy) is 3. The minimum absolute atomic E-state index is 0.0631. The highest BCUT2D eigenvalue weighted by Crippen LogP contribution is 2.34. The summed E-state index contributed by atoms with van der Waals surface area (Å²) in [4.78, 5) is 42.2. The van der Waals surface area contributed by atoms with Gasteiger partial charge in [0.2, 0.25) is 5.91 Å². The summed E-state index contributed by atoms with van der Waals surface area (Å²) >= 11 is 0. The van der Waals surface area contributed by atoms with Gasteiger partial charge in [-0.1, -0.05) is 6.07 Å². The van der Waals surface area contributed by atoms with E-state index in [4.69, 9.17) is 19.2 Å². The Kier molecular flexibility index (Phi) is 8.33.